The molecule has 3 saturated heterocycles. The van der Waals surface area contributed by atoms with Crippen molar-refractivity contribution in [1.29, 1.82) is 0 Å². The first kappa shape index (κ1) is 32.1. The lowest BCUT2D eigenvalue weighted by atomic mass is 10.0. The third-order valence-electron chi connectivity index (χ3n) is 9.84. The number of methoxy groups -OCH3 is 1. The van der Waals surface area contributed by atoms with Crippen molar-refractivity contribution in [3.63, 3.8) is 0 Å². The minimum absolute atomic E-state index is 0.0275. The summed E-state index contributed by atoms with van der Waals surface area (Å²) in [4.78, 5) is 46.0. The number of nitrogens with zero attached hydrogens (tertiary/aromatic N) is 4. The number of benzene rings is 2. The topological polar surface area (TPSA) is 149 Å². The van der Waals surface area contributed by atoms with Crippen LogP contribution in [0.15, 0.2) is 36.4 Å². The van der Waals surface area contributed by atoms with Crippen LogP contribution in [-0.4, -0.2) is 92.0 Å². The summed E-state index contributed by atoms with van der Waals surface area (Å²) in [6.45, 7) is 5.95. The molecule has 5 heterocycles. The van der Waals surface area contributed by atoms with Gasteiger partial charge in [-0.1, -0.05) is 25.7 Å². The third kappa shape index (κ3) is 6.38. The lowest BCUT2D eigenvalue weighted by Crippen LogP contribution is -2.51. The van der Waals surface area contributed by atoms with Crippen molar-refractivity contribution in [3.05, 3.63) is 59.2 Å². The summed E-state index contributed by atoms with van der Waals surface area (Å²) in [6, 6.07) is 11.0. The van der Waals surface area contributed by atoms with E-state index >= 15 is 0 Å². The molecule has 5 unspecified atom stereocenters. The van der Waals surface area contributed by atoms with Crippen molar-refractivity contribution in [3.8, 4) is 11.8 Å². The Morgan fingerprint density at radius 1 is 0.938 bits per heavy atom. The van der Waals surface area contributed by atoms with E-state index in [1.807, 2.05) is 55.1 Å². The minimum atomic E-state index is -0.682. The highest BCUT2D eigenvalue weighted by atomic mass is 16.5. The largest absolute Gasteiger partial charge is 0.453 e. The summed E-state index contributed by atoms with van der Waals surface area (Å²) >= 11 is 0. The normalized spacial score (nSPS) is 22.7. The molecule has 0 bridgehead atoms. The number of aromatic amines is 2. The first-order valence-electron chi connectivity index (χ1n) is 17.0. The van der Waals surface area contributed by atoms with Crippen molar-refractivity contribution in [2.75, 3.05) is 26.8 Å². The molecule has 4 N–H and O–H groups in total. The molecule has 2 amide bonds. The maximum atomic E-state index is 13.5. The van der Waals surface area contributed by atoms with Crippen molar-refractivity contribution in [1.82, 2.24) is 35.1 Å². The summed E-state index contributed by atoms with van der Waals surface area (Å²) in [5.74, 6) is 7.94. The number of nitrogens with one attached hydrogen (secondary N) is 3. The molecular formula is C36H43N7O5. The molecule has 0 spiro atoms. The Balaban J connectivity index is 1.07. The van der Waals surface area contributed by atoms with Gasteiger partial charge in [0.1, 0.15) is 23.9 Å². The van der Waals surface area contributed by atoms with Crippen LogP contribution in [0.25, 0.3) is 22.1 Å². The van der Waals surface area contributed by atoms with Gasteiger partial charge in [0.05, 0.1) is 47.4 Å². The summed E-state index contributed by atoms with van der Waals surface area (Å²) in [6.07, 6.45) is 4.09. The second-order valence-corrected chi connectivity index (χ2v) is 13.4. The van der Waals surface area contributed by atoms with Crippen molar-refractivity contribution in [2.24, 2.45) is 5.92 Å². The average Bonchev–Trinajstić information content (AvgIpc) is 3.93. The number of aliphatic hydroxyl groups is 1. The Kier molecular flexibility index (Phi) is 9.09. The molecule has 3 fully saturated rings. The number of rotatable bonds is 7. The highest BCUT2D eigenvalue weighted by Crippen LogP contribution is 2.35. The molecule has 0 radical (unpaired) electrons. The van der Waals surface area contributed by atoms with Crippen molar-refractivity contribution >= 4 is 34.1 Å². The number of imidazole rings is 2. The van der Waals surface area contributed by atoms with Gasteiger partial charge < -0.3 is 34.8 Å². The number of amides is 2. The molecule has 2 aromatic heterocycles. The van der Waals surface area contributed by atoms with Gasteiger partial charge in [-0.05, 0) is 80.8 Å². The Morgan fingerprint density at radius 2 is 1.56 bits per heavy atom. The predicted octanol–water partition coefficient (Wildman–Crippen LogP) is 4.52. The number of aliphatic hydroxyl groups excluding tert-OH is 1. The Morgan fingerprint density at radius 3 is 2.17 bits per heavy atom. The number of H-pyrrole nitrogens is 2. The first-order valence-corrected chi connectivity index (χ1v) is 17.0. The van der Waals surface area contributed by atoms with E-state index in [0.717, 1.165) is 89.9 Å². The second-order valence-electron chi connectivity index (χ2n) is 13.4. The number of fused-ring (bicyclic) bond motifs is 2. The number of likely N-dealkylation sites (tertiary alicyclic amines) is 2. The van der Waals surface area contributed by atoms with E-state index in [1.54, 1.807) is 0 Å². The molecule has 3 aliphatic rings. The fourth-order valence-electron chi connectivity index (χ4n) is 7.32. The molecule has 7 rings (SSSR count). The molecule has 4 aromatic rings. The number of alkyl carbamates (subject to hydrolysis) is 1. The quantitative estimate of drug-likeness (QED) is 0.213. The summed E-state index contributed by atoms with van der Waals surface area (Å²) < 4.78 is 10.5. The highest BCUT2D eigenvalue weighted by molar-refractivity contribution is 5.86. The fraction of sp³-hybridized carbons (Fsp3) is 0.500. The van der Waals surface area contributed by atoms with Crippen LogP contribution in [0.1, 0.15) is 87.2 Å². The van der Waals surface area contributed by atoms with Gasteiger partial charge in [-0.2, -0.15) is 0 Å². The zero-order valence-corrected chi connectivity index (χ0v) is 27.7. The van der Waals surface area contributed by atoms with Crippen LogP contribution < -0.4 is 5.32 Å². The molecule has 252 valence electrons. The number of hydrogen-bond donors (Lipinski definition) is 4. The van der Waals surface area contributed by atoms with Crippen molar-refractivity contribution in [2.45, 2.75) is 82.8 Å². The van der Waals surface area contributed by atoms with Gasteiger partial charge in [0.2, 0.25) is 5.91 Å². The number of aromatic nitrogens is 4. The van der Waals surface area contributed by atoms with Gasteiger partial charge in [0, 0.05) is 30.8 Å². The summed E-state index contributed by atoms with van der Waals surface area (Å²) in [5, 5.41) is 13.7. The van der Waals surface area contributed by atoms with Crippen LogP contribution in [0, 0.1) is 17.8 Å². The van der Waals surface area contributed by atoms with E-state index in [1.165, 1.54) is 7.11 Å². The fourth-order valence-corrected chi connectivity index (χ4v) is 7.32. The van der Waals surface area contributed by atoms with E-state index in [-0.39, 0.29) is 30.0 Å². The first-order chi connectivity index (χ1) is 23.3. The Hall–Kier alpha value is -4.44. The lowest BCUT2D eigenvalue weighted by molar-refractivity contribution is -0.135. The Labute approximate surface area is 279 Å². The number of hydrogen-bond acceptors (Lipinski definition) is 8. The number of ether oxygens (including phenoxy) is 2. The van der Waals surface area contributed by atoms with Gasteiger partial charge in [-0.3, -0.25) is 9.69 Å². The van der Waals surface area contributed by atoms with E-state index in [9.17, 15) is 14.7 Å². The molecule has 2 aromatic carbocycles. The number of carbonyl (C=O) groups excluding carboxylic acids is 2. The molecule has 12 nitrogen and oxygen atoms in total. The summed E-state index contributed by atoms with van der Waals surface area (Å²) in [5.41, 5.74) is 5.16. The molecule has 48 heavy (non-hydrogen) atoms. The molecule has 0 saturated carbocycles. The van der Waals surface area contributed by atoms with E-state index in [4.69, 9.17) is 19.4 Å². The molecule has 5 atom stereocenters. The van der Waals surface area contributed by atoms with Crippen LogP contribution >= 0.6 is 0 Å². The molecule has 0 aliphatic carbocycles. The maximum Gasteiger partial charge on any atom is 0.407 e. The molecule has 12 heteroatoms. The minimum Gasteiger partial charge on any atom is -0.453 e. The van der Waals surface area contributed by atoms with Crippen LogP contribution in [0.2, 0.25) is 0 Å². The standard InChI is InChI=1S/C36H43N7O5/c1-21(2)31(41-36(46)47-3)35(45)43-17-5-8-29(43)33-38-25-15-13-23(20-27(25)40-33)11-10-22-12-14-24-26(19-22)39-32(37-24)28-7-4-16-42(28)34(44)30-9-6-18-48-30/h12-15,19-21,28-31,34,44H,4-9,16-18H2,1-3H3,(H,37,39)(H,38,40)(H,41,46). The van der Waals surface area contributed by atoms with Crippen LogP contribution in [0.3, 0.4) is 0 Å². The zero-order chi connectivity index (χ0) is 33.4. The van der Waals surface area contributed by atoms with Gasteiger partial charge in [0.15, 0.2) is 0 Å². The van der Waals surface area contributed by atoms with E-state index < -0.39 is 18.4 Å². The lowest BCUT2D eigenvalue weighted by Gasteiger charge is -2.31. The van der Waals surface area contributed by atoms with Crippen LogP contribution in [0.4, 0.5) is 4.79 Å². The molecule has 3 aliphatic heterocycles. The van der Waals surface area contributed by atoms with Gasteiger partial charge in [0.25, 0.3) is 0 Å². The average molecular weight is 654 g/mol. The van der Waals surface area contributed by atoms with Crippen LogP contribution in [-0.2, 0) is 14.3 Å². The van der Waals surface area contributed by atoms with Gasteiger partial charge >= 0.3 is 6.09 Å². The third-order valence-corrected chi connectivity index (χ3v) is 9.84. The monoisotopic (exact) mass is 653 g/mol. The smallest absolute Gasteiger partial charge is 0.407 e. The number of carbonyl (C=O) groups is 2. The van der Waals surface area contributed by atoms with E-state index in [0.29, 0.717) is 13.2 Å². The maximum absolute atomic E-state index is 13.5. The van der Waals surface area contributed by atoms with Crippen molar-refractivity contribution < 1.29 is 24.2 Å². The summed E-state index contributed by atoms with van der Waals surface area (Å²) in [7, 11) is 1.29. The second kappa shape index (κ2) is 13.6. The SMILES string of the molecule is COC(=O)NC(C(=O)N1CCCC1c1nc2ccc(C#Cc3ccc4nc(C5CCCN5C(O)C5CCCO5)[nH]c4c3)cc2[nH]1)C(C)C. The van der Waals surface area contributed by atoms with Gasteiger partial charge in [-0.25, -0.2) is 14.8 Å². The Bertz CT molecular complexity index is 1870. The molecular weight excluding hydrogens is 610 g/mol. The predicted molar refractivity (Wildman–Crippen MR) is 180 cm³/mol. The van der Waals surface area contributed by atoms with Gasteiger partial charge in [-0.15, -0.1) is 0 Å². The van der Waals surface area contributed by atoms with E-state index in [2.05, 4.69) is 32.0 Å². The zero-order valence-electron chi connectivity index (χ0n) is 27.7. The van der Waals surface area contributed by atoms with Crippen LogP contribution in [0.5, 0.6) is 0 Å². The highest BCUT2D eigenvalue weighted by Gasteiger charge is 2.39.